The lowest BCUT2D eigenvalue weighted by atomic mass is 9.92. The second-order valence-corrected chi connectivity index (χ2v) is 5.97. The molecule has 5 rings (SSSR count). The van der Waals surface area contributed by atoms with E-state index in [1.807, 2.05) is 36.5 Å². The predicted octanol–water partition coefficient (Wildman–Crippen LogP) is 3.85. The van der Waals surface area contributed by atoms with Crippen LogP contribution in [-0.4, -0.2) is 19.9 Å². The van der Waals surface area contributed by atoms with Crippen molar-refractivity contribution in [3.63, 3.8) is 0 Å². The molecule has 4 nitrogen and oxygen atoms in total. The first-order valence-electron chi connectivity index (χ1n) is 8.05. The molecular weight excluding hydrogens is 296 g/mol. The third kappa shape index (κ3) is 2.07. The first kappa shape index (κ1) is 13.3. The predicted molar refractivity (Wildman–Crippen MR) is 93.4 cm³/mol. The third-order valence-corrected chi connectivity index (χ3v) is 4.46. The van der Waals surface area contributed by atoms with Crippen molar-refractivity contribution < 1.29 is 0 Å². The van der Waals surface area contributed by atoms with Crippen molar-refractivity contribution in [2.45, 2.75) is 12.8 Å². The Morgan fingerprint density at radius 2 is 1.58 bits per heavy atom. The molecule has 0 aliphatic heterocycles. The van der Waals surface area contributed by atoms with Crippen molar-refractivity contribution in [2.24, 2.45) is 0 Å². The van der Waals surface area contributed by atoms with Crippen molar-refractivity contribution >= 4 is 11.0 Å². The number of pyridine rings is 4. The van der Waals surface area contributed by atoms with Crippen LogP contribution >= 0.6 is 0 Å². The summed E-state index contributed by atoms with van der Waals surface area (Å²) in [5.74, 6) is 0. The Labute approximate surface area is 139 Å². The molecule has 0 N–H and O–H groups in total. The first-order chi connectivity index (χ1) is 11.9. The molecule has 0 atom stereocenters. The van der Waals surface area contributed by atoms with Gasteiger partial charge in [-0.1, -0.05) is 12.1 Å². The quantitative estimate of drug-likeness (QED) is 0.536. The van der Waals surface area contributed by atoms with Gasteiger partial charge in [-0.25, -0.2) is 9.97 Å². The Morgan fingerprint density at radius 3 is 2.50 bits per heavy atom. The topological polar surface area (TPSA) is 51.6 Å². The van der Waals surface area contributed by atoms with Gasteiger partial charge in [-0.05, 0) is 60.4 Å². The molecule has 0 radical (unpaired) electrons. The standard InChI is InChI=1S/C20H14N4/c1-2-10-21-16(5-1)17-9-8-15-12-14-7-6-13-4-3-11-22-18(13)19(14)24-20(15)23-17/h1-5,8-12H,6-7H2. The van der Waals surface area contributed by atoms with Crippen LogP contribution in [0.1, 0.15) is 11.1 Å². The molecule has 4 aromatic rings. The molecule has 1 aliphatic rings. The summed E-state index contributed by atoms with van der Waals surface area (Å²) in [7, 11) is 0. The molecule has 4 heterocycles. The maximum absolute atomic E-state index is 4.84. The molecule has 24 heavy (non-hydrogen) atoms. The lowest BCUT2D eigenvalue weighted by molar-refractivity contribution is 0.916. The zero-order valence-corrected chi connectivity index (χ0v) is 13.0. The number of rotatable bonds is 1. The van der Waals surface area contributed by atoms with Crippen LogP contribution < -0.4 is 0 Å². The number of hydrogen-bond donors (Lipinski definition) is 0. The van der Waals surface area contributed by atoms with Crippen LogP contribution in [0.2, 0.25) is 0 Å². The van der Waals surface area contributed by atoms with Crippen molar-refractivity contribution in [1.82, 2.24) is 19.9 Å². The van der Waals surface area contributed by atoms with Crippen LogP contribution in [0.25, 0.3) is 33.8 Å². The van der Waals surface area contributed by atoms with E-state index in [0.29, 0.717) is 0 Å². The highest BCUT2D eigenvalue weighted by molar-refractivity contribution is 5.83. The van der Waals surface area contributed by atoms with E-state index < -0.39 is 0 Å². The van der Waals surface area contributed by atoms with Crippen LogP contribution in [-0.2, 0) is 12.8 Å². The van der Waals surface area contributed by atoms with Gasteiger partial charge in [-0.2, -0.15) is 0 Å². The Bertz CT molecular complexity index is 1060. The van der Waals surface area contributed by atoms with Gasteiger partial charge in [0.1, 0.15) is 0 Å². The summed E-state index contributed by atoms with van der Waals surface area (Å²) >= 11 is 0. The molecule has 4 heteroatoms. The van der Waals surface area contributed by atoms with E-state index in [1.54, 1.807) is 6.20 Å². The van der Waals surface area contributed by atoms with E-state index in [2.05, 4.69) is 28.2 Å². The van der Waals surface area contributed by atoms with E-state index in [4.69, 9.17) is 9.97 Å². The Morgan fingerprint density at radius 1 is 0.667 bits per heavy atom. The maximum Gasteiger partial charge on any atom is 0.160 e. The molecule has 0 bridgehead atoms. The van der Waals surface area contributed by atoms with E-state index in [0.717, 1.165) is 46.7 Å². The monoisotopic (exact) mass is 310 g/mol. The number of fused-ring (bicyclic) bond motifs is 4. The SMILES string of the molecule is c1ccc(-c2ccc3cc4c(nc3n2)-c2ncccc2CC4)nc1. The van der Waals surface area contributed by atoms with Gasteiger partial charge in [-0.3, -0.25) is 9.97 Å². The molecule has 0 spiro atoms. The molecular formula is C20H14N4. The molecule has 0 saturated carbocycles. The highest BCUT2D eigenvalue weighted by Gasteiger charge is 2.19. The van der Waals surface area contributed by atoms with E-state index >= 15 is 0 Å². The van der Waals surface area contributed by atoms with Gasteiger partial charge in [0.25, 0.3) is 0 Å². The third-order valence-electron chi connectivity index (χ3n) is 4.46. The number of hydrogen-bond acceptors (Lipinski definition) is 4. The van der Waals surface area contributed by atoms with Gasteiger partial charge in [0, 0.05) is 17.8 Å². The van der Waals surface area contributed by atoms with Gasteiger partial charge in [0.05, 0.1) is 22.8 Å². The summed E-state index contributed by atoms with van der Waals surface area (Å²) in [6, 6.07) is 16.2. The van der Waals surface area contributed by atoms with Gasteiger partial charge >= 0.3 is 0 Å². The fourth-order valence-corrected chi connectivity index (χ4v) is 3.27. The summed E-state index contributed by atoms with van der Waals surface area (Å²) in [4.78, 5) is 18.5. The minimum Gasteiger partial charge on any atom is -0.255 e. The minimum absolute atomic E-state index is 0.746. The molecule has 0 aromatic carbocycles. The van der Waals surface area contributed by atoms with Gasteiger partial charge < -0.3 is 0 Å². The first-order valence-corrected chi connectivity index (χ1v) is 8.05. The van der Waals surface area contributed by atoms with Crippen LogP contribution in [0, 0.1) is 0 Å². The van der Waals surface area contributed by atoms with Gasteiger partial charge in [-0.15, -0.1) is 0 Å². The van der Waals surface area contributed by atoms with Crippen molar-refractivity contribution in [1.29, 1.82) is 0 Å². The van der Waals surface area contributed by atoms with Crippen LogP contribution in [0.3, 0.4) is 0 Å². The van der Waals surface area contributed by atoms with E-state index in [1.165, 1.54) is 11.1 Å². The van der Waals surface area contributed by atoms with Crippen LogP contribution in [0.15, 0.2) is 60.9 Å². The van der Waals surface area contributed by atoms with Crippen molar-refractivity contribution in [3.05, 3.63) is 72.1 Å². The van der Waals surface area contributed by atoms with Crippen molar-refractivity contribution in [2.75, 3.05) is 0 Å². The van der Waals surface area contributed by atoms with Crippen LogP contribution in [0.5, 0.6) is 0 Å². The summed E-state index contributed by atoms with van der Waals surface area (Å²) < 4.78 is 0. The lowest BCUT2D eigenvalue weighted by Gasteiger charge is -2.18. The molecule has 1 aliphatic carbocycles. The summed E-state index contributed by atoms with van der Waals surface area (Å²) in [5, 5.41) is 1.06. The molecule has 0 fully saturated rings. The highest BCUT2D eigenvalue weighted by atomic mass is 14.9. The lowest BCUT2D eigenvalue weighted by Crippen LogP contribution is -2.08. The molecule has 0 unspecified atom stereocenters. The maximum atomic E-state index is 4.84. The summed E-state index contributed by atoms with van der Waals surface area (Å²) in [5.41, 5.74) is 6.92. The summed E-state index contributed by atoms with van der Waals surface area (Å²) in [6.07, 6.45) is 5.63. The largest absolute Gasteiger partial charge is 0.255 e. The van der Waals surface area contributed by atoms with E-state index in [9.17, 15) is 0 Å². The average Bonchev–Trinajstić information content (AvgIpc) is 2.66. The minimum atomic E-state index is 0.746. The zero-order valence-electron chi connectivity index (χ0n) is 13.0. The zero-order chi connectivity index (χ0) is 15.9. The normalized spacial score (nSPS) is 12.7. The van der Waals surface area contributed by atoms with Crippen molar-refractivity contribution in [3.8, 4) is 22.8 Å². The van der Waals surface area contributed by atoms with Gasteiger partial charge in [0.15, 0.2) is 5.65 Å². The second kappa shape index (κ2) is 5.20. The highest BCUT2D eigenvalue weighted by Crippen LogP contribution is 2.32. The Hall–Kier alpha value is -3.14. The van der Waals surface area contributed by atoms with Crippen LogP contribution in [0.4, 0.5) is 0 Å². The molecule has 0 saturated heterocycles. The fraction of sp³-hybridized carbons (Fsp3) is 0.100. The smallest absolute Gasteiger partial charge is 0.160 e. The number of aromatic nitrogens is 4. The fourth-order valence-electron chi connectivity index (χ4n) is 3.27. The Balaban J connectivity index is 1.72. The molecule has 0 amide bonds. The number of nitrogens with zero attached hydrogens (tertiary/aromatic N) is 4. The average molecular weight is 310 g/mol. The summed E-state index contributed by atoms with van der Waals surface area (Å²) in [6.45, 7) is 0. The molecule has 4 aromatic heterocycles. The molecule has 114 valence electrons. The second-order valence-electron chi connectivity index (χ2n) is 5.97. The Kier molecular flexibility index (Phi) is 2.88. The van der Waals surface area contributed by atoms with E-state index in [-0.39, 0.29) is 0 Å². The number of aryl methyl sites for hydroxylation is 2. The van der Waals surface area contributed by atoms with Gasteiger partial charge in [0.2, 0.25) is 0 Å².